The van der Waals surface area contributed by atoms with Gasteiger partial charge in [-0.05, 0) is 51.9 Å². The first-order chi connectivity index (χ1) is 9.31. The van der Waals surface area contributed by atoms with Crippen molar-refractivity contribution < 1.29 is 14.1 Å². The van der Waals surface area contributed by atoms with Crippen LogP contribution in [0.1, 0.15) is 41.0 Å². The molecule has 1 atom stereocenters. The molecule has 5 heteroatoms. The molecule has 20 heavy (non-hydrogen) atoms. The third-order valence-electron chi connectivity index (χ3n) is 4.55. The first kappa shape index (κ1) is 15.3. The summed E-state index contributed by atoms with van der Waals surface area (Å²) in [5.41, 5.74) is 0.233. The third kappa shape index (κ3) is 2.70. The summed E-state index contributed by atoms with van der Waals surface area (Å²) in [5.74, 6) is 0.105. The highest BCUT2D eigenvalue weighted by Crippen LogP contribution is 2.41. The van der Waals surface area contributed by atoms with Crippen LogP contribution in [0.5, 0.6) is 0 Å². The SMILES string of the molecule is CCN1C=C(B2OC(C)(C)[C@@](C)(CC)O2)C=CC(=O)C1. The Morgan fingerprint density at radius 1 is 1.25 bits per heavy atom. The molecule has 2 rings (SSSR count). The van der Waals surface area contributed by atoms with Gasteiger partial charge in [-0.1, -0.05) is 13.0 Å². The van der Waals surface area contributed by atoms with Crippen LogP contribution < -0.4 is 0 Å². The largest absolute Gasteiger partial charge is 0.496 e. The standard InChI is InChI=1S/C15H24BNO3/c1-6-15(5)14(3,4)19-16(20-15)12-8-9-13(18)11-17(7-2)10-12/h8-10H,6-7,11H2,1-5H3/t15-/m1/s1. The second-order valence-electron chi connectivity index (χ2n) is 6.15. The number of rotatable bonds is 3. The van der Waals surface area contributed by atoms with Crippen molar-refractivity contribution in [1.82, 2.24) is 4.90 Å². The van der Waals surface area contributed by atoms with E-state index in [0.717, 1.165) is 18.4 Å². The minimum Gasteiger partial charge on any atom is -0.399 e. The molecule has 0 aromatic rings. The first-order valence-corrected chi connectivity index (χ1v) is 7.33. The Bertz CT molecular complexity index is 458. The summed E-state index contributed by atoms with van der Waals surface area (Å²) in [6.45, 7) is 11.5. The van der Waals surface area contributed by atoms with Crippen molar-refractivity contribution in [2.75, 3.05) is 13.1 Å². The van der Waals surface area contributed by atoms with Gasteiger partial charge in [-0.2, -0.15) is 0 Å². The number of allylic oxidation sites excluding steroid dienone is 2. The van der Waals surface area contributed by atoms with Gasteiger partial charge >= 0.3 is 7.12 Å². The van der Waals surface area contributed by atoms with Gasteiger partial charge < -0.3 is 14.2 Å². The van der Waals surface area contributed by atoms with E-state index in [4.69, 9.17) is 9.31 Å². The van der Waals surface area contributed by atoms with Crippen LogP contribution in [0.3, 0.4) is 0 Å². The lowest BCUT2D eigenvalue weighted by Gasteiger charge is -2.35. The predicted octanol–water partition coefficient (Wildman–Crippen LogP) is 2.35. The van der Waals surface area contributed by atoms with Crippen LogP contribution in [-0.2, 0) is 14.1 Å². The monoisotopic (exact) mass is 277 g/mol. The molecule has 0 radical (unpaired) electrons. The second-order valence-corrected chi connectivity index (χ2v) is 6.15. The van der Waals surface area contributed by atoms with Gasteiger partial charge in [0.1, 0.15) is 0 Å². The molecule has 0 aromatic carbocycles. The van der Waals surface area contributed by atoms with Crippen molar-refractivity contribution in [3.05, 3.63) is 23.8 Å². The molecule has 2 aliphatic rings. The minimum atomic E-state index is -0.411. The maximum atomic E-state index is 11.7. The highest BCUT2D eigenvalue weighted by Gasteiger charge is 2.53. The van der Waals surface area contributed by atoms with Gasteiger partial charge in [0.25, 0.3) is 0 Å². The summed E-state index contributed by atoms with van der Waals surface area (Å²) < 4.78 is 12.3. The van der Waals surface area contributed by atoms with Gasteiger partial charge in [-0.15, -0.1) is 0 Å². The number of carbonyl (C=O) groups excluding carboxylic acids is 1. The number of hydrogen-bond acceptors (Lipinski definition) is 4. The summed E-state index contributed by atoms with van der Waals surface area (Å²) >= 11 is 0. The van der Waals surface area contributed by atoms with Crippen LogP contribution in [-0.4, -0.2) is 42.1 Å². The molecule has 0 bridgehead atoms. The van der Waals surface area contributed by atoms with Gasteiger partial charge in [0, 0.05) is 6.54 Å². The molecule has 2 aliphatic heterocycles. The third-order valence-corrected chi connectivity index (χ3v) is 4.55. The van der Waals surface area contributed by atoms with E-state index >= 15 is 0 Å². The average molecular weight is 277 g/mol. The topological polar surface area (TPSA) is 38.8 Å². The van der Waals surface area contributed by atoms with Crippen LogP contribution in [0, 0.1) is 0 Å². The molecule has 0 spiro atoms. The predicted molar refractivity (Wildman–Crippen MR) is 80.2 cm³/mol. The molecule has 0 unspecified atom stereocenters. The number of ketones is 1. The van der Waals surface area contributed by atoms with Crippen molar-refractivity contribution in [3.63, 3.8) is 0 Å². The Kier molecular flexibility index (Phi) is 4.12. The maximum absolute atomic E-state index is 11.7. The molecule has 0 saturated carbocycles. The fourth-order valence-corrected chi connectivity index (χ4v) is 2.52. The molecule has 1 saturated heterocycles. The molecule has 0 aromatic heterocycles. The first-order valence-electron chi connectivity index (χ1n) is 7.33. The molecular weight excluding hydrogens is 253 g/mol. The molecule has 110 valence electrons. The Morgan fingerprint density at radius 3 is 2.50 bits per heavy atom. The van der Waals surface area contributed by atoms with Crippen molar-refractivity contribution in [1.29, 1.82) is 0 Å². The van der Waals surface area contributed by atoms with E-state index in [2.05, 4.69) is 27.7 Å². The molecule has 0 aliphatic carbocycles. The molecule has 0 amide bonds. The molecule has 1 fully saturated rings. The highest BCUT2D eigenvalue weighted by atomic mass is 16.7. The number of carbonyl (C=O) groups is 1. The van der Waals surface area contributed by atoms with Crippen molar-refractivity contribution in [2.45, 2.75) is 52.2 Å². The molecule has 4 nitrogen and oxygen atoms in total. The Labute approximate surface area is 121 Å². The van der Waals surface area contributed by atoms with E-state index in [1.807, 2.05) is 24.1 Å². The van der Waals surface area contributed by atoms with Crippen LogP contribution >= 0.6 is 0 Å². The minimum absolute atomic E-state index is 0.105. The maximum Gasteiger partial charge on any atom is 0.496 e. The molecule has 0 N–H and O–H groups in total. The smallest absolute Gasteiger partial charge is 0.399 e. The lowest BCUT2D eigenvalue weighted by atomic mass is 9.78. The Balaban J connectivity index is 2.26. The van der Waals surface area contributed by atoms with E-state index < -0.39 is 7.12 Å². The molecule has 2 heterocycles. The van der Waals surface area contributed by atoms with Gasteiger partial charge in [-0.3, -0.25) is 4.79 Å². The van der Waals surface area contributed by atoms with Crippen molar-refractivity contribution in [3.8, 4) is 0 Å². The van der Waals surface area contributed by atoms with E-state index in [0.29, 0.717) is 6.54 Å². The summed E-state index contributed by atoms with van der Waals surface area (Å²) in [6.07, 6.45) is 6.29. The van der Waals surface area contributed by atoms with Gasteiger partial charge in [0.2, 0.25) is 0 Å². The lowest BCUT2D eigenvalue weighted by Crippen LogP contribution is -2.44. The Morgan fingerprint density at radius 2 is 1.95 bits per heavy atom. The number of likely N-dealkylation sites (N-methyl/N-ethyl adjacent to an activating group) is 1. The van der Waals surface area contributed by atoms with Crippen LogP contribution in [0.15, 0.2) is 23.8 Å². The quantitative estimate of drug-likeness (QED) is 0.742. The summed E-state index contributed by atoms with van der Waals surface area (Å²) in [6, 6.07) is 0. The van der Waals surface area contributed by atoms with E-state index in [-0.39, 0.29) is 17.0 Å². The van der Waals surface area contributed by atoms with E-state index in [1.54, 1.807) is 6.08 Å². The fraction of sp³-hybridized carbons (Fsp3) is 0.667. The summed E-state index contributed by atoms with van der Waals surface area (Å²) in [4.78, 5) is 13.7. The normalized spacial score (nSPS) is 29.6. The second kappa shape index (κ2) is 5.37. The van der Waals surface area contributed by atoms with Gasteiger partial charge in [-0.25, -0.2) is 0 Å². The zero-order valence-electron chi connectivity index (χ0n) is 13.1. The lowest BCUT2D eigenvalue weighted by molar-refractivity contribution is -0.115. The zero-order chi connectivity index (χ0) is 15.0. The van der Waals surface area contributed by atoms with Crippen molar-refractivity contribution in [2.24, 2.45) is 0 Å². The summed E-state index contributed by atoms with van der Waals surface area (Å²) in [7, 11) is -0.411. The Hall–Kier alpha value is -1.07. The average Bonchev–Trinajstić information content (AvgIpc) is 2.53. The number of hydrogen-bond donors (Lipinski definition) is 0. The van der Waals surface area contributed by atoms with Crippen LogP contribution in [0.2, 0.25) is 0 Å². The van der Waals surface area contributed by atoms with Gasteiger partial charge in [0.05, 0.1) is 17.7 Å². The summed E-state index contributed by atoms with van der Waals surface area (Å²) in [5, 5.41) is 0. The van der Waals surface area contributed by atoms with Gasteiger partial charge in [0.15, 0.2) is 5.78 Å². The van der Waals surface area contributed by atoms with Crippen LogP contribution in [0.4, 0.5) is 0 Å². The van der Waals surface area contributed by atoms with Crippen molar-refractivity contribution >= 4 is 12.9 Å². The van der Waals surface area contributed by atoms with E-state index in [9.17, 15) is 4.79 Å². The fourth-order valence-electron chi connectivity index (χ4n) is 2.52. The number of nitrogens with zero attached hydrogens (tertiary/aromatic N) is 1. The van der Waals surface area contributed by atoms with Crippen LogP contribution in [0.25, 0.3) is 0 Å². The highest BCUT2D eigenvalue weighted by molar-refractivity contribution is 6.55. The molecular formula is C15H24BNO3. The zero-order valence-corrected chi connectivity index (χ0v) is 13.1. The van der Waals surface area contributed by atoms with E-state index in [1.165, 1.54) is 0 Å².